The molecular formula is C13H19NO3. The minimum atomic E-state index is -0.393. The predicted molar refractivity (Wildman–Crippen MR) is 67.3 cm³/mol. The standard InChI is InChI=1S/C13H19NO3/c1-4-6-8-12(13(16)14-9-10-15)17-11(3)7-5-2/h4-5,7-8,10-11H,1,6,9H2,2-3H3,(H,14,16)/b7-5-,12-8-. The minimum Gasteiger partial charge on any atom is -0.481 e. The first-order chi connectivity index (χ1) is 8.15. The average molecular weight is 237 g/mol. The van der Waals surface area contributed by atoms with Gasteiger partial charge in [0.1, 0.15) is 12.4 Å². The molecule has 0 heterocycles. The van der Waals surface area contributed by atoms with Gasteiger partial charge in [0.05, 0.1) is 6.54 Å². The van der Waals surface area contributed by atoms with Crippen LogP contribution in [0.15, 0.2) is 36.6 Å². The van der Waals surface area contributed by atoms with E-state index in [2.05, 4.69) is 11.9 Å². The van der Waals surface area contributed by atoms with Crippen LogP contribution in [0.1, 0.15) is 20.3 Å². The summed E-state index contributed by atoms with van der Waals surface area (Å²) >= 11 is 0. The first-order valence-electron chi connectivity index (χ1n) is 5.48. The van der Waals surface area contributed by atoms with E-state index in [1.807, 2.05) is 26.0 Å². The molecule has 4 nitrogen and oxygen atoms in total. The first kappa shape index (κ1) is 15.2. The lowest BCUT2D eigenvalue weighted by Gasteiger charge is -2.13. The Morgan fingerprint density at radius 1 is 1.53 bits per heavy atom. The van der Waals surface area contributed by atoms with Crippen molar-refractivity contribution in [2.45, 2.75) is 26.4 Å². The van der Waals surface area contributed by atoms with Gasteiger partial charge in [0.2, 0.25) is 0 Å². The van der Waals surface area contributed by atoms with Crippen LogP contribution in [-0.2, 0) is 14.3 Å². The zero-order valence-corrected chi connectivity index (χ0v) is 10.3. The molecule has 17 heavy (non-hydrogen) atoms. The molecule has 0 radical (unpaired) electrons. The van der Waals surface area contributed by atoms with Gasteiger partial charge in [0, 0.05) is 0 Å². The molecule has 0 aromatic rings. The highest BCUT2D eigenvalue weighted by atomic mass is 16.5. The van der Waals surface area contributed by atoms with E-state index in [0.29, 0.717) is 12.7 Å². The second kappa shape index (κ2) is 9.39. The van der Waals surface area contributed by atoms with E-state index in [1.165, 1.54) is 0 Å². The third-order valence-corrected chi connectivity index (χ3v) is 1.82. The quantitative estimate of drug-likeness (QED) is 0.303. The number of aldehydes is 1. The van der Waals surface area contributed by atoms with Gasteiger partial charge in [0.15, 0.2) is 5.76 Å². The van der Waals surface area contributed by atoms with E-state index in [1.54, 1.807) is 12.2 Å². The second-order valence-corrected chi connectivity index (χ2v) is 3.32. The number of hydrogen-bond acceptors (Lipinski definition) is 3. The molecule has 0 saturated carbocycles. The highest BCUT2D eigenvalue weighted by Gasteiger charge is 2.11. The SMILES string of the molecule is C=CC/C=C(\OC(C)/C=C\C)C(=O)NCC=O. The van der Waals surface area contributed by atoms with Crippen LogP contribution in [0.4, 0.5) is 0 Å². The summed E-state index contributed by atoms with van der Waals surface area (Å²) in [5.74, 6) is -0.187. The fourth-order valence-corrected chi connectivity index (χ4v) is 1.12. The molecule has 0 aromatic carbocycles. The third kappa shape index (κ3) is 7.11. The van der Waals surface area contributed by atoms with Gasteiger partial charge in [-0.15, -0.1) is 6.58 Å². The Bertz CT molecular complexity index is 319. The summed E-state index contributed by atoms with van der Waals surface area (Å²) in [5.41, 5.74) is 0. The molecule has 4 heteroatoms. The maximum Gasteiger partial charge on any atom is 0.286 e. The van der Waals surface area contributed by atoms with Crippen molar-refractivity contribution >= 4 is 12.2 Å². The number of carbonyl (C=O) groups is 2. The predicted octanol–water partition coefficient (Wildman–Crippen LogP) is 1.74. The Labute approximate surface area is 102 Å². The number of rotatable bonds is 8. The topological polar surface area (TPSA) is 55.4 Å². The maximum atomic E-state index is 11.6. The summed E-state index contributed by atoms with van der Waals surface area (Å²) in [6.07, 6.45) is 7.93. The third-order valence-electron chi connectivity index (χ3n) is 1.82. The largest absolute Gasteiger partial charge is 0.481 e. The van der Waals surface area contributed by atoms with Crippen molar-refractivity contribution < 1.29 is 14.3 Å². The molecular weight excluding hydrogens is 218 g/mol. The second-order valence-electron chi connectivity index (χ2n) is 3.32. The lowest BCUT2D eigenvalue weighted by molar-refractivity contribution is -0.122. The fraction of sp³-hybridized carbons (Fsp3) is 0.385. The van der Waals surface area contributed by atoms with Gasteiger partial charge >= 0.3 is 0 Å². The molecule has 1 atom stereocenters. The molecule has 0 aliphatic rings. The van der Waals surface area contributed by atoms with Crippen molar-refractivity contribution in [3.8, 4) is 0 Å². The smallest absolute Gasteiger partial charge is 0.286 e. The summed E-state index contributed by atoms with van der Waals surface area (Å²) in [4.78, 5) is 21.8. The maximum absolute atomic E-state index is 11.6. The number of amides is 1. The minimum absolute atomic E-state index is 0.0222. The van der Waals surface area contributed by atoms with Gasteiger partial charge in [0.25, 0.3) is 5.91 Å². The molecule has 0 rings (SSSR count). The van der Waals surface area contributed by atoms with Crippen LogP contribution in [0.3, 0.4) is 0 Å². The number of carbonyl (C=O) groups excluding carboxylic acids is 2. The molecule has 1 N–H and O–H groups in total. The van der Waals surface area contributed by atoms with E-state index in [4.69, 9.17) is 4.74 Å². The fourth-order valence-electron chi connectivity index (χ4n) is 1.12. The number of allylic oxidation sites excluding steroid dienone is 3. The Hall–Kier alpha value is -1.84. The molecule has 0 saturated heterocycles. The number of ether oxygens (including phenoxy) is 1. The van der Waals surface area contributed by atoms with Gasteiger partial charge in [-0.3, -0.25) is 4.79 Å². The number of nitrogens with one attached hydrogen (secondary N) is 1. The molecule has 0 aromatic heterocycles. The van der Waals surface area contributed by atoms with Crippen LogP contribution in [0, 0.1) is 0 Å². The van der Waals surface area contributed by atoms with Crippen LogP contribution in [0.5, 0.6) is 0 Å². The molecule has 0 aliphatic heterocycles. The van der Waals surface area contributed by atoms with Gasteiger partial charge in [-0.1, -0.05) is 12.2 Å². The molecule has 1 amide bonds. The summed E-state index contributed by atoms with van der Waals surface area (Å²) < 4.78 is 5.45. The van der Waals surface area contributed by atoms with Crippen LogP contribution in [-0.4, -0.2) is 24.8 Å². The lowest BCUT2D eigenvalue weighted by atomic mass is 10.3. The number of hydrogen-bond donors (Lipinski definition) is 1. The van der Waals surface area contributed by atoms with Crippen LogP contribution < -0.4 is 5.32 Å². The Balaban J connectivity index is 4.57. The highest BCUT2D eigenvalue weighted by molar-refractivity contribution is 5.92. The van der Waals surface area contributed by atoms with E-state index >= 15 is 0 Å². The average Bonchev–Trinajstić information content (AvgIpc) is 2.31. The molecule has 0 spiro atoms. The van der Waals surface area contributed by atoms with Crippen molar-refractivity contribution in [3.63, 3.8) is 0 Å². The van der Waals surface area contributed by atoms with Crippen molar-refractivity contribution in [2.75, 3.05) is 6.54 Å². The van der Waals surface area contributed by atoms with Crippen molar-refractivity contribution in [3.05, 3.63) is 36.6 Å². The zero-order valence-electron chi connectivity index (χ0n) is 10.3. The van der Waals surface area contributed by atoms with Crippen LogP contribution >= 0.6 is 0 Å². The van der Waals surface area contributed by atoms with E-state index < -0.39 is 5.91 Å². The lowest BCUT2D eigenvalue weighted by Crippen LogP contribution is -2.28. The molecule has 94 valence electrons. The normalized spacial score (nSPS) is 13.2. The van der Waals surface area contributed by atoms with Crippen LogP contribution in [0.2, 0.25) is 0 Å². The molecule has 0 aliphatic carbocycles. The Morgan fingerprint density at radius 2 is 2.24 bits per heavy atom. The summed E-state index contributed by atoms with van der Waals surface area (Å²) in [6.45, 7) is 7.25. The molecule has 1 unspecified atom stereocenters. The summed E-state index contributed by atoms with van der Waals surface area (Å²) in [5, 5.41) is 2.43. The summed E-state index contributed by atoms with van der Waals surface area (Å²) in [6, 6.07) is 0. The van der Waals surface area contributed by atoms with Gasteiger partial charge in [-0.2, -0.15) is 0 Å². The molecule has 0 fully saturated rings. The highest BCUT2D eigenvalue weighted by Crippen LogP contribution is 2.06. The Kier molecular flexibility index (Phi) is 8.37. The van der Waals surface area contributed by atoms with Crippen LogP contribution in [0.25, 0.3) is 0 Å². The zero-order chi connectivity index (χ0) is 13.1. The van der Waals surface area contributed by atoms with Gasteiger partial charge < -0.3 is 14.8 Å². The monoisotopic (exact) mass is 237 g/mol. The van der Waals surface area contributed by atoms with Crippen molar-refractivity contribution in [1.29, 1.82) is 0 Å². The first-order valence-corrected chi connectivity index (χ1v) is 5.48. The summed E-state index contributed by atoms with van der Waals surface area (Å²) in [7, 11) is 0. The van der Waals surface area contributed by atoms with Crippen molar-refractivity contribution in [2.24, 2.45) is 0 Å². The Morgan fingerprint density at radius 3 is 2.76 bits per heavy atom. The van der Waals surface area contributed by atoms with E-state index in [9.17, 15) is 9.59 Å². The molecule has 0 bridgehead atoms. The van der Waals surface area contributed by atoms with Crippen molar-refractivity contribution in [1.82, 2.24) is 5.32 Å². The van der Waals surface area contributed by atoms with E-state index in [0.717, 1.165) is 0 Å². The van der Waals surface area contributed by atoms with Gasteiger partial charge in [-0.05, 0) is 32.4 Å². The van der Waals surface area contributed by atoms with E-state index in [-0.39, 0.29) is 18.4 Å². The van der Waals surface area contributed by atoms with Gasteiger partial charge in [-0.25, -0.2) is 0 Å².